The van der Waals surface area contributed by atoms with E-state index in [1.165, 1.54) is 0 Å². The molecule has 82 valence electrons. The van der Waals surface area contributed by atoms with Crippen LogP contribution in [0, 0.1) is 0 Å². The number of nitrogens with zero attached hydrogens (tertiary/aromatic N) is 1. The molecule has 14 heavy (non-hydrogen) atoms. The number of carbonyl (C=O) groups is 1. The second-order valence-electron chi connectivity index (χ2n) is 3.65. The zero-order chi connectivity index (χ0) is 10.4. The average molecular weight is 200 g/mol. The van der Waals surface area contributed by atoms with Crippen molar-refractivity contribution < 1.29 is 9.53 Å². The Morgan fingerprint density at radius 3 is 3.00 bits per heavy atom. The van der Waals surface area contributed by atoms with E-state index in [2.05, 4.69) is 5.32 Å². The van der Waals surface area contributed by atoms with Crippen LogP contribution >= 0.6 is 0 Å². The lowest BCUT2D eigenvalue weighted by molar-refractivity contribution is -0.130. The molecule has 1 atom stereocenters. The van der Waals surface area contributed by atoms with Gasteiger partial charge in [0.05, 0.1) is 12.7 Å². The maximum absolute atomic E-state index is 11.3. The minimum Gasteiger partial charge on any atom is -0.376 e. The number of amides is 1. The Morgan fingerprint density at radius 1 is 1.64 bits per heavy atom. The van der Waals surface area contributed by atoms with Crippen molar-refractivity contribution in [2.45, 2.75) is 25.9 Å². The lowest BCUT2D eigenvalue weighted by Crippen LogP contribution is -2.40. The summed E-state index contributed by atoms with van der Waals surface area (Å²) >= 11 is 0. The fourth-order valence-corrected chi connectivity index (χ4v) is 1.54. The lowest BCUT2D eigenvalue weighted by atomic mass is 10.2. The first-order chi connectivity index (χ1) is 6.74. The van der Waals surface area contributed by atoms with Crippen molar-refractivity contribution in [2.24, 2.45) is 0 Å². The van der Waals surface area contributed by atoms with Crippen molar-refractivity contribution in [3.63, 3.8) is 0 Å². The van der Waals surface area contributed by atoms with Gasteiger partial charge in [0.25, 0.3) is 0 Å². The molecule has 1 aliphatic heterocycles. The van der Waals surface area contributed by atoms with Gasteiger partial charge in [-0.2, -0.15) is 0 Å². The van der Waals surface area contributed by atoms with Crippen molar-refractivity contribution in [3.8, 4) is 0 Å². The van der Waals surface area contributed by atoms with Crippen molar-refractivity contribution in [3.05, 3.63) is 0 Å². The number of rotatable bonds is 4. The Morgan fingerprint density at radius 2 is 2.43 bits per heavy atom. The summed E-state index contributed by atoms with van der Waals surface area (Å²) in [4.78, 5) is 13.0. The molecule has 1 aliphatic rings. The first kappa shape index (κ1) is 11.5. The summed E-state index contributed by atoms with van der Waals surface area (Å²) in [7, 11) is 1.85. The van der Waals surface area contributed by atoms with Gasteiger partial charge < -0.3 is 15.0 Å². The molecule has 1 amide bonds. The van der Waals surface area contributed by atoms with Crippen LogP contribution in [0.15, 0.2) is 0 Å². The second-order valence-corrected chi connectivity index (χ2v) is 3.65. The molecular formula is C10H20N2O2. The van der Waals surface area contributed by atoms with E-state index in [-0.39, 0.29) is 12.0 Å². The van der Waals surface area contributed by atoms with Gasteiger partial charge in [-0.05, 0) is 6.42 Å². The molecule has 0 aromatic rings. The van der Waals surface area contributed by atoms with Crippen LogP contribution < -0.4 is 5.32 Å². The molecule has 1 fully saturated rings. The molecule has 0 radical (unpaired) electrons. The lowest BCUT2D eigenvalue weighted by Gasteiger charge is -2.25. The molecule has 0 spiro atoms. The highest BCUT2D eigenvalue weighted by molar-refractivity contribution is 5.75. The largest absolute Gasteiger partial charge is 0.376 e. The van der Waals surface area contributed by atoms with E-state index in [1.807, 2.05) is 14.0 Å². The van der Waals surface area contributed by atoms with E-state index < -0.39 is 0 Å². The van der Waals surface area contributed by atoms with Crippen LogP contribution in [-0.4, -0.2) is 50.2 Å². The molecule has 4 nitrogen and oxygen atoms in total. The number of ether oxygens (including phenoxy) is 1. The molecule has 0 aromatic heterocycles. The summed E-state index contributed by atoms with van der Waals surface area (Å²) in [5, 5.41) is 3.27. The van der Waals surface area contributed by atoms with Crippen LogP contribution in [0.4, 0.5) is 0 Å². The molecule has 0 aromatic carbocycles. The first-order valence-corrected chi connectivity index (χ1v) is 5.30. The van der Waals surface area contributed by atoms with Gasteiger partial charge >= 0.3 is 0 Å². The molecule has 1 rings (SSSR count). The van der Waals surface area contributed by atoms with Crippen LogP contribution in [0.1, 0.15) is 19.8 Å². The van der Waals surface area contributed by atoms with Crippen molar-refractivity contribution >= 4 is 5.91 Å². The molecule has 1 saturated heterocycles. The predicted octanol–water partition coefficient (Wildman–Crippen LogP) is 0.233. The quantitative estimate of drug-likeness (QED) is 0.706. The standard InChI is InChI=1S/C10H20N2O2/c1-3-10(13)12(2)6-4-9-8-11-5-7-14-9/h9,11H,3-8H2,1-2H3. The molecule has 1 N–H and O–H groups in total. The third-order valence-corrected chi connectivity index (χ3v) is 2.52. The molecule has 1 heterocycles. The normalized spacial score (nSPS) is 22.0. The number of morpholine rings is 1. The van der Waals surface area contributed by atoms with Gasteiger partial charge in [0.15, 0.2) is 0 Å². The predicted molar refractivity (Wildman–Crippen MR) is 55.2 cm³/mol. The smallest absolute Gasteiger partial charge is 0.222 e. The Labute approximate surface area is 85.6 Å². The Bertz CT molecular complexity index is 179. The Hall–Kier alpha value is -0.610. The number of nitrogens with one attached hydrogen (secondary N) is 1. The summed E-state index contributed by atoms with van der Waals surface area (Å²) in [6.07, 6.45) is 1.78. The van der Waals surface area contributed by atoms with E-state index >= 15 is 0 Å². The highest BCUT2D eigenvalue weighted by Crippen LogP contribution is 2.03. The summed E-state index contributed by atoms with van der Waals surface area (Å²) in [6, 6.07) is 0. The molecule has 0 bridgehead atoms. The molecular weight excluding hydrogens is 180 g/mol. The molecule has 0 aliphatic carbocycles. The van der Waals surface area contributed by atoms with Gasteiger partial charge in [-0.3, -0.25) is 4.79 Å². The molecule has 1 unspecified atom stereocenters. The highest BCUT2D eigenvalue weighted by atomic mass is 16.5. The minimum atomic E-state index is 0.203. The van der Waals surface area contributed by atoms with Crippen LogP contribution in [0.2, 0.25) is 0 Å². The van der Waals surface area contributed by atoms with E-state index in [0.717, 1.165) is 32.7 Å². The Balaban J connectivity index is 2.15. The van der Waals surface area contributed by atoms with Gasteiger partial charge in [-0.1, -0.05) is 6.92 Å². The van der Waals surface area contributed by atoms with E-state index in [4.69, 9.17) is 4.74 Å². The maximum Gasteiger partial charge on any atom is 0.222 e. The van der Waals surface area contributed by atoms with Gasteiger partial charge in [-0.25, -0.2) is 0 Å². The van der Waals surface area contributed by atoms with Gasteiger partial charge in [0.2, 0.25) is 5.91 Å². The van der Waals surface area contributed by atoms with Crippen LogP contribution in [0.3, 0.4) is 0 Å². The Kier molecular flexibility index (Phi) is 4.90. The summed E-state index contributed by atoms with van der Waals surface area (Å²) in [6.45, 7) is 5.32. The van der Waals surface area contributed by atoms with Crippen molar-refractivity contribution in [1.82, 2.24) is 10.2 Å². The zero-order valence-electron chi connectivity index (χ0n) is 9.08. The number of hydrogen-bond donors (Lipinski definition) is 1. The van der Waals surface area contributed by atoms with E-state index in [0.29, 0.717) is 6.42 Å². The van der Waals surface area contributed by atoms with Gasteiger partial charge in [0, 0.05) is 33.1 Å². The van der Waals surface area contributed by atoms with Crippen LogP contribution in [-0.2, 0) is 9.53 Å². The average Bonchev–Trinajstić information content (AvgIpc) is 2.26. The number of carbonyl (C=O) groups excluding carboxylic acids is 1. The highest BCUT2D eigenvalue weighted by Gasteiger charge is 2.14. The first-order valence-electron chi connectivity index (χ1n) is 5.30. The molecule has 4 heteroatoms. The van der Waals surface area contributed by atoms with Crippen LogP contribution in [0.25, 0.3) is 0 Å². The number of hydrogen-bond acceptors (Lipinski definition) is 3. The van der Waals surface area contributed by atoms with Crippen LogP contribution in [0.5, 0.6) is 0 Å². The SMILES string of the molecule is CCC(=O)N(C)CCC1CNCCO1. The summed E-state index contributed by atoms with van der Waals surface area (Å²) in [5.41, 5.74) is 0. The van der Waals surface area contributed by atoms with E-state index in [9.17, 15) is 4.79 Å². The fraction of sp³-hybridized carbons (Fsp3) is 0.900. The third-order valence-electron chi connectivity index (χ3n) is 2.52. The van der Waals surface area contributed by atoms with Crippen molar-refractivity contribution in [2.75, 3.05) is 33.3 Å². The maximum atomic E-state index is 11.3. The van der Waals surface area contributed by atoms with E-state index in [1.54, 1.807) is 4.90 Å². The summed E-state index contributed by atoms with van der Waals surface area (Å²) in [5.74, 6) is 0.203. The fourth-order valence-electron chi connectivity index (χ4n) is 1.54. The molecule has 0 saturated carbocycles. The monoisotopic (exact) mass is 200 g/mol. The zero-order valence-corrected chi connectivity index (χ0v) is 9.08. The summed E-state index contributed by atoms with van der Waals surface area (Å²) < 4.78 is 5.54. The van der Waals surface area contributed by atoms with Gasteiger partial charge in [0.1, 0.15) is 0 Å². The minimum absolute atomic E-state index is 0.203. The van der Waals surface area contributed by atoms with Gasteiger partial charge in [-0.15, -0.1) is 0 Å². The topological polar surface area (TPSA) is 41.6 Å². The second kappa shape index (κ2) is 5.98. The van der Waals surface area contributed by atoms with Crippen molar-refractivity contribution in [1.29, 1.82) is 0 Å². The third kappa shape index (κ3) is 3.64.